The van der Waals surface area contributed by atoms with Crippen LogP contribution in [0.15, 0.2) is 0 Å². The van der Waals surface area contributed by atoms with Gasteiger partial charge in [0, 0.05) is 18.5 Å². The van der Waals surface area contributed by atoms with Gasteiger partial charge in [0.05, 0.1) is 15.9 Å². The van der Waals surface area contributed by atoms with Gasteiger partial charge in [0.15, 0.2) is 5.82 Å². The zero-order valence-corrected chi connectivity index (χ0v) is 15.5. The lowest BCUT2D eigenvalue weighted by molar-refractivity contribution is -0.0343. The average molecular weight is 404 g/mol. The maximum Gasteiger partial charge on any atom is 0.161 e. The predicted octanol–water partition coefficient (Wildman–Crippen LogP) is 2.74. The smallest absolute Gasteiger partial charge is 0.161 e. The monoisotopic (exact) mass is 404 g/mol. The van der Waals surface area contributed by atoms with E-state index in [1.807, 2.05) is 0 Å². The number of hydrogen-bond acceptors (Lipinski definition) is 5. The first-order valence-corrected chi connectivity index (χ1v) is 8.58. The third kappa shape index (κ3) is 4.04. The largest absolute Gasteiger partial charge is 0.383 e. The molecule has 21 heavy (non-hydrogen) atoms. The Kier molecular flexibility index (Phi) is 5.43. The topological polar surface area (TPSA) is 64.3 Å². The van der Waals surface area contributed by atoms with E-state index in [0.717, 1.165) is 47.8 Å². The van der Waals surface area contributed by atoms with Crippen molar-refractivity contribution in [3.63, 3.8) is 0 Å². The Morgan fingerprint density at radius 1 is 1.38 bits per heavy atom. The highest BCUT2D eigenvalue weighted by Crippen LogP contribution is 2.30. The number of halogens is 1. The van der Waals surface area contributed by atoms with Gasteiger partial charge in [0.25, 0.3) is 0 Å². The molecule has 1 aliphatic heterocycles. The lowest BCUT2D eigenvalue weighted by Crippen LogP contribution is -2.39. The van der Waals surface area contributed by atoms with E-state index >= 15 is 0 Å². The molecule has 1 unspecified atom stereocenters. The Morgan fingerprint density at radius 2 is 2.10 bits per heavy atom. The number of morpholine rings is 1. The van der Waals surface area contributed by atoms with Gasteiger partial charge >= 0.3 is 0 Å². The molecule has 0 aromatic carbocycles. The summed E-state index contributed by atoms with van der Waals surface area (Å²) in [6.45, 7) is 12.3. The summed E-state index contributed by atoms with van der Waals surface area (Å²) in [7, 11) is 0. The molecule has 2 heterocycles. The summed E-state index contributed by atoms with van der Waals surface area (Å²) in [6, 6.07) is 0. The Bertz CT molecular complexity index is 499. The molecule has 0 spiro atoms. The molecular weight excluding hydrogens is 379 g/mol. The van der Waals surface area contributed by atoms with E-state index in [4.69, 9.17) is 15.5 Å². The fraction of sp³-hybridized carbons (Fsp3) is 0.733. The first-order chi connectivity index (χ1) is 9.82. The van der Waals surface area contributed by atoms with Crippen LogP contribution in [0.3, 0.4) is 0 Å². The maximum absolute atomic E-state index is 6.09. The predicted molar refractivity (Wildman–Crippen MR) is 93.3 cm³/mol. The van der Waals surface area contributed by atoms with Gasteiger partial charge in [-0.3, -0.25) is 4.90 Å². The summed E-state index contributed by atoms with van der Waals surface area (Å²) in [6.07, 6.45) is 1.07. The van der Waals surface area contributed by atoms with Crippen molar-refractivity contribution in [2.24, 2.45) is 0 Å². The highest BCUT2D eigenvalue weighted by atomic mass is 127. The second-order valence-electron chi connectivity index (χ2n) is 6.54. The number of nitrogens with zero attached hydrogens (tertiary/aromatic N) is 3. The lowest BCUT2D eigenvalue weighted by Gasteiger charge is -2.32. The molecule has 2 rings (SSSR count). The number of rotatable bonds is 3. The van der Waals surface area contributed by atoms with Gasteiger partial charge in [-0.2, -0.15) is 0 Å². The first kappa shape index (κ1) is 16.9. The second kappa shape index (κ2) is 6.75. The lowest BCUT2D eigenvalue weighted by atomic mass is 9.92. The van der Waals surface area contributed by atoms with Crippen LogP contribution in [-0.2, 0) is 10.2 Å². The third-order valence-corrected chi connectivity index (χ3v) is 4.65. The van der Waals surface area contributed by atoms with E-state index in [-0.39, 0.29) is 11.5 Å². The summed E-state index contributed by atoms with van der Waals surface area (Å²) in [4.78, 5) is 11.7. The van der Waals surface area contributed by atoms with Gasteiger partial charge in [0.1, 0.15) is 11.9 Å². The molecule has 1 saturated heterocycles. The SMILES string of the molecule is CCCN1CCOC(c2nc(N)c(I)c(C(C)(C)C)n2)C1. The first-order valence-electron chi connectivity index (χ1n) is 7.50. The molecule has 0 radical (unpaired) electrons. The molecule has 0 saturated carbocycles. The van der Waals surface area contributed by atoms with Crippen LogP contribution in [0.2, 0.25) is 0 Å². The van der Waals surface area contributed by atoms with E-state index in [2.05, 4.69) is 60.2 Å². The van der Waals surface area contributed by atoms with Crippen molar-refractivity contribution >= 4 is 28.4 Å². The van der Waals surface area contributed by atoms with Crippen LogP contribution in [0.4, 0.5) is 5.82 Å². The summed E-state index contributed by atoms with van der Waals surface area (Å²) in [5.74, 6) is 1.28. The van der Waals surface area contributed by atoms with Gasteiger partial charge in [-0.05, 0) is 35.6 Å². The number of hydrogen-bond donors (Lipinski definition) is 1. The third-order valence-electron chi connectivity index (χ3n) is 3.58. The molecule has 118 valence electrons. The van der Waals surface area contributed by atoms with Crippen LogP contribution in [0, 0.1) is 3.57 Å². The molecule has 5 nitrogen and oxygen atoms in total. The summed E-state index contributed by atoms with van der Waals surface area (Å²) >= 11 is 2.23. The van der Waals surface area contributed by atoms with E-state index in [0.29, 0.717) is 5.82 Å². The molecule has 1 aromatic heterocycles. The zero-order valence-electron chi connectivity index (χ0n) is 13.3. The van der Waals surface area contributed by atoms with Crippen LogP contribution in [0.5, 0.6) is 0 Å². The molecular formula is C15H25IN4O. The molecule has 6 heteroatoms. The molecule has 1 atom stereocenters. The number of aromatic nitrogens is 2. The molecule has 0 aliphatic carbocycles. The molecule has 0 amide bonds. The number of anilines is 1. The van der Waals surface area contributed by atoms with Crippen LogP contribution in [0.25, 0.3) is 0 Å². The molecule has 2 N–H and O–H groups in total. The van der Waals surface area contributed by atoms with Crippen LogP contribution in [0.1, 0.15) is 51.7 Å². The van der Waals surface area contributed by atoms with Gasteiger partial charge in [0.2, 0.25) is 0 Å². The molecule has 1 fully saturated rings. The molecule has 1 aromatic rings. The summed E-state index contributed by atoms with van der Waals surface area (Å²) < 4.78 is 6.83. The Hall–Kier alpha value is -0.470. The quantitative estimate of drug-likeness (QED) is 0.785. The van der Waals surface area contributed by atoms with Crippen molar-refractivity contribution in [1.29, 1.82) is 0 Å². The normalized spacial score (nSPS) is 20.7. The Labute approximate surface area is 140 Å². The van der Waals surface area contributed by atoms with Crippen LogP contribution < -0.4 is 5.73 Å². The average Bonchev–Trinajstić information content (AvgIpc) is 2.41. The van der Waals surface area contributed by atoms with Crippen LogP contribution in [-0.4, -0.2) is 41.1 Å². The zero-order chi connectivity index (χ0) is 15.6. The van der Waals surface area contributed by atoms with Crippen LogP contribution >= 0.6 is 22.6 Å². The highest BCUT2D eigenvalue weighted by Gasteiger charge is 2.28. The van der Waals surface area contributed by atoms with Gasteiger partial charge in [-0.1, -0.05) is 27.7 Å². The second-order valence-corrected chi connectivity index (χ2v) is 7.62. The van der Waals surface area contributed by atoms with E-state index in [1.54, 1.807) is 0 Å². The summed E-state index contributed by atoms with van der Waals surface area (Å²) in [5.41, 5.74) is 7.04. The van der Waals surface area contributed by atoms with E-state index < -0.39 is 0 Å². The van der Waals surface area contributed by atoms with Crippen molar-refractivity contribution in [2.75, 3.05) is 32.0 Å². The van der Waals surface area contributed by atoms with Crippen molar-refractivity contribution in [2.45, 2.75) is 45.6 Å². The van der Waals surface area contributed by atoms with Crippen molar-refractivity contribution < 1.29 is 4.74 Å². The van der Waals surface area contributed by atoms with Crippen molar-refractivity contribution in [3.05, 3.63) is 15.1 Å². The highest BCUT2D eigenvalue weighted by molar-refractivity contribution is 14.1. The van der Waals surface area contributed by atoms with Crippen molar-refractivity contribution in [3.8, 4) is 0 Å². The molecule has 0 bridgehead atoms. The fourth-order valence-electron chi connectivity index (χ4n) is 2.50. The standard InChI is InChI=1S/C15H25IN4O/c1-5-6-20-7-8-21-10(9-20)14-18-12(15(2,3)4)11(16)13(17)19-14/h10H,5-9H2,1-4H3,(H2,17,18,19). The number of ether oxygens (including phenoxy) is 1. The van der Waals surface area contributed by atoms with Crippen molar-refractivity contribution in [1.82, 2.24) is 14.9 Å². The minimum absolute atomic E-state index is 0.0555. The fourth-order valence-corrected chi connectivity index (χ4v) is 3.55. The molecule has 1 aliphatic rings. The van der Waals surface area contributed by atoms with Gasteiger partial charge < -0.3 is 10.5 Å². The van der Waals surface area contributed by atoms with Gasteiger partial charge in [-0.15, -0.1) is 0 Å². The Morgan fingerprint density at radius 3 is 2.71 bits per heavy atom. The van der Waals surface area contributed by atoms with Gasteiger partial charge in [-0.25, -0.2) is 9.97 Å². The van der Waals surface area contributed by atoms with E-state index in [9.17, 15) is 0 Å². The van der Waals surface area contributed by atoms with E-state index in [1.165, 1.54) is 0 Å². The summed E-state index contributed by atoms with van der Waals surface area (Å²) in [5, 5.41) is 0. The number of nitrogen functional groups attached to an aromatic ring is 1. The minimum atomic E-state index is -0.0781. The maximum atomic E-state index is 6.09. The Balaban J connectivity index is 2.29. The minimum Gasteiger partial charge on any atom is -0.383 e. The number of nitrogens with two attached hydrogens (primary N) is 1.